The molecule has 0 radical (unpaired) electrons. The third kappa shape index (κ3) is 3.03. The Kier molecular flexibility index (Phi) is 4.48. The Hall–Kier alpha value is -0.960. The lowest BCUT2D eigenvalue weighted by Crippen LogP contribution is -2.57. The first-order chi connectivity index (χ1) is 9.37. The van der Waals surface area contributed by atoms with Gasteiger partial charge in [0.1, 0.15) is 5.54 Å². The third-order valence-corrected chi connectivity index (χ3v) is 5.76. The molecule has 8 heteroatoms. The predicted octanol–water partition coefficient (Wildman–Crippen LogP) is 1.36. The van der Waals surface area contributed by atoms with Crippen molar-refractivity contribution in [1.82, 2.24) is 4.72 Å². The molecule has 0 amide bonds. The highest BCUT2D eigenvalue weighted by atomic mass is 79.9. The van der Waals surface area contributed by atoms with E-state index >= 15 is 0 Å². The van der Waals surface area contributed by atoms with E-state index in [2.05, 4.69) is 20.7 Å². The molecule has 0 spiro atoms. The number of aliphatic carboxylic acids is 1. The zero-order valence-electron chi connectivity index (χ0n) is 10.5. The van der Waals surface area contributed by atoms with E-state index in [1.165, 1.54) is 6.07 Å². The van der Waals surface area contributed by atoms with Gasteiger partial charge in [0, 0.05) is 30.5 Å². The van der Waals surface area contributed by atoms with Crippen LogP contribution >= 0.6 is 15.9 Å². The lowest BCUT2D eigenvalue weighted by Gasteiger charge is -2.33. The van der Waals surface area contributed by atoms with Gasteiger partial charge in [-0.1, -0.05) is 12.1 Å². The van der Waals surface area contributed by atoms with Gasteiger partial charge in [-0.3, -0.25) is 4.79 Å². The zero-order valence-corrected chi connectivity index (χ0v) is 12.9. The average Bonchev–Trinajstić information content (AvgIpc) is 2.39. The van der Waals surface area contributed by atoms with Crippen LogP contribution in [0.1, 0.15) is 12.8 Å². The number of sulfonamides is 1. The molecule has 6 nitrogen and oxygen atoms in total. The van der Waals surface area contributed by atoms with Crippen LogP contribution in [0.3, 0.4) is 0 Å². The van der Waals surface area contributed by atoms with Crippen LogP contribution in [0, 0.1) is 0 Å². The Morgan fingerprint density at radius 1 is 1.30 bits per heavy atom. The molecule has 1 aliphatic rings. The molecule has 1 heterocycles. The molecule has 0 aromatic heterocycles. The van der Waals surface area contributed by atoms with Crippen LogP contribution in [-0.4, -0.2) is 38.2 Å². The first-order valence-electron chi connectivity index (χ1n) is 5.97. The second kappa shape index (κ2) is 5.80. The van der Waals surface area contributed by atoms with Crippen LogP contribution in [0.5, 0.6) is 0 Å². The van der Waals surface area contributed by atoms with Crippen LogP contribution in [0.15, 0.2) is 33.6 Å². The first kappa shape index (κ1) is 15.4. The number of benzene rings is 1. The predicted molar refractivity (Wildman–Crippen MR) is 74.9 cm³/mol. The van der Waals surface area contributed by atoms with Crippen LogP contribution in [0.4, 0.5) is 0 Å². The molecule has 2 N–H and O–H groups in total. The van der Waals surface area contributed by atoms with Gasteiger partial charge >= 0.3 is 5.97 Å². The fourth-order valence-electron chi connectivity index (χ4n) is 2.05. The summed E-state index contributed by atoms with van der Waals surface area (Å²) in [6.07, 6.45) is 0.206. The number of nitrogens with one attached hydrogen (secondary N) is 1. The topological polar surface area (TPSA) is 92.7 Å². The van der Waals surface area contributed by atoms with E-state index < -0.39 is 21.5 Å². The fourth-order valence-corrected chi connectivity index (χ4v) is 4.48. The van der Waals surface area contributed by atoms with E-state index in [4.69, 9.17) is 4.74 Å². The molecule has 110 valence electrons. The summed E-state index contributed by atoms with van der Waals surface area (Å²) in [5, 5.41) is 9.37. The minimum atomic E-state index is -3.93. The maximum absolute atomic E-state index is 12.4. The molecular formula is C12H14BrNO5S. The smallest absolute Gasteiger partial charge is 0.325 e. The standard InChI is InChI=1S/C12H14BrNO5S/c13-9-3-1-2-4-10(9)20(17,18)14-12(11(15)16)5-7-19-8-6-12/h1-4,14H,5-8H2,(H,15,16). The largest absolute Gasteiger partial charge is 0.480 e. The minimum absolute atomic E-state index is 0.0205. The minimum Gasteiger partial charge on any atom is -0.480 e. The Morgan fingerprint density at radius 3 is 2.45 bits per heavy atom. The lowest BCUT2D eigenvalue weighted by atomic mass is 9.92. The lowest BCUT2D eigenvalue weighted by molar-refractivity contribution is -0.147. The number of carbonyl (C=O) groups is 1. The van der Waals surface area contributed by atoms with Gasteiger partial charge in [-0.25, -0.2) is 8.42 Å². The fraction of sp³-hybridized carbons (Fsp3) is 0.417. The van der Waals surface area contributed by atoms with Gasteiger partial charge in [0.2, 0.25) is 10.0 Å². The molecule has 20 heavy (non-hydrogen) atoms. The second-order valence-corrected chi connectivity index (χ2v) is 7.04. The summed E-state index contributed by atoms with van der Waals surface area (Å²) in [5.74, 6) is -1.18. The van der Waals surface area contributed by atoms with Gasteiger partial charge in [-0.2, -0.15) is 4.72 Å². The molecule has 1 fully saturated rings. The van der Waals surface area contributed by atoms with Crippen LogP contribution < -0.4 is 4.72 Å². The van der Waals surface area contributed by atoms with Crippen LogP contribution in [0.2, 0.25) is 0 Å². The molecule has 1 saturated heterocycles. The van der Waals surface area contributed by atoms with Crippen molar-refractivity contribution in [3.05, 3.63) is 28.7 Å². The SMILES string of the molecule is O=C(O)C1(NS(=O)(=O)c2ccccc2Br)CCOCC1. The van der Waals surface area contributed by atoms with E-state index in [9.17, 15) is 18.3 Å². The number of ether oxygens (including phenoxy) is 1. The number of carboxylic acids is 1. The summed E-state index contributed by atoms with van der Waals surface area (Å²) in [6.45, 7) is 0.426. The highest BCUT2D eigenvalue weighted by Crippen LogP contribution is 2.27. The molecule has 2 rings (SSSR count). The van der Waals surface area contributed by atoms with Crippen molar-refractivity contribution in [1.29, 1.82) is 0 Å². The van der Waals surface area contributed by atoms with E-state index in [1.54, 1.807) is 18.2 Å². The summed E-state index contributed by atoms with van der Waals surface area (Å²) >= 11 is 3.16. The molecule has 0 bridgehead atoms. The third-order valence-electron chi connectivity index (χ3n) is 3.21. The zero-order chi connectivity index (χ0) is 14.8. The van der Waals surface area contributed by atoms with Crippen molar-refractivity contribution in [2.24, 2.45) is 0 Å². The van der Waals surface area contributed by atoms with E-state index in [0.29, 0.717) is 4.47 Å². The Labute approximate surface area is 125 Å². The Morgan fingerprint density at radius 2 is 1.90 bits per heavy atom. The first-order valence-corrected chi connectivity index (χ1v) is 8.25. The van der Waals surface area contributed by atoms with Crippen molar-refractivity contribution in [3.63, 3.8) is 0 Å². The highest BCUT2D eigenvalue weighted by molar-refractivity contribution is 9.10. The molecule has 0 saturated carbocycles. The normalized spacial score (nSPS) is 18.6. The van der Waals surface area contributed by atoms with E-state index in [-0.39, 0.29) is 31.0 Å². The molecule has 0 unspecified atom stereocenters. The molecule has 0 aliphatic carbocycles. The van der Waals surface area contributed by atoms with Gasteiger partial charge in [0.15, 0.2) is 0 Å². The van der Waals surface area contributed by atoms with Crippen molar-refractivity contribution >= 4 is 31.9 Å². The van der Waals surface area contributed by atoms with Crippen molar-refractivity contribution in [3.8, 4) is 0 Å². The highest BCUT2D eigenvalue weighted by Gasteiger charge is 2.44. The van der Waals surface area contributed by atoms with Gasteiger partial charge in [-0.15, -0.1) is 0 Å². The quantitative estimate of drug-likeness (QED) is 0.842. The molecule has 1 aliphatic heterocycles. The Balaban J connectivity index is 2.35. The second-order valence-electron chi connectivity index (χ2n) is 4.54. The van der Waals surface area contributed by atoms with Crippen molar-refractivity contribution < 1.29 is 23.1 Å². The van der Waals surface area contributed by atoms with Crippen molar-refractivity contribution in [2.45, 2.75) is 23.3 Å². The van der Waals surface area contributed by atoms with Gasteiger partial charge in [0.25, 0.3) is 0 Å². The molecule has 1 aromatic carbocycles. The van der Waals surface area contributed by atoms with Gasteiger partial charge in [0.05, 0.1) is 4.90 Å². The summed E-state index contributed by atoms with van der Waals surface area (Å²) in [7, 11) is -3.93. The maximum Gasteiger partial charge on any atom is 0.325 e. The maximum atomic E-state index is 12.4. The van der Waals surface area contributed by atoms with Gasteiger partial charge < -0.3 is 9.84 Å². The van der Waals surface area contributed by atoms with E-state index in [1.807, 2.05) is 0 Å². The summed E-state index contributed by atoms with van der Waals surface area (Å²) < 4.78 is 32.6. The summed E-state index contributed by atoms with van der Waals surface area (Å²) in [6, 6.07) is 6.27. The summed E-state index contributed by atoms with van der Waals surface area (Å²) in [5.41, 5.74) is -1.51. The van der Waals surface area contributed by atoms with Crippen LogP contribution in [0.25, 0.3) is 0 Å². The van der Waals surface area contributed by atoms with Gasteiger partial charge in [-0.05, 0) is 28.1 Å². The Bertz CT molecular complexity index is 610. The number of rotatable bonds is 4. The average molecular weight is 364 g/mol. The monoisotopic (exact) mass is 363 g/mol. The number of hydrogen-bond donors (Lipinski definition) is 2. The number of halogens is 1. The number of hydrogen-bond acceptors (Lipinski definition) is 4. The molecule has 0 atom stereocenters. The van der Waals surface area contributed by atoms with Crippen molar-refractivity contribution in [2.75, 3.05) is 13.2 Å². The van der Waals surface area contributed by atoms with Crippen LogP contribution in [-0.2, 0) is 19.6 Å². The number of carboxylic acid groups (broad SMARTS) is 1. The molecule has 1 aromatic rings. The summed E-state index contributed by atoms with van der Waals surface area (Å²) in [4.78, 5) is 11.5. The van der Waals surface area contributed by atoms with E-state index in [0.717, 1.165) is 0 Å². The molecular weight excluding hydrogens is 350 g/mol.